The van der Waals surface area contributed by atoms with Crippen molar-refractivity contribution < 1.29 is 94.5 Å². The molecule has 3 saturated heterocycles. The Bertz CT molecular complexity index is 1780. The summed E-state index contributed by atoms with van der Waals surface area (Å²) in [6.45, 7) is 11.1. The molecular formula is C47H76O19. The molecule has 19 nitrogen and oxygen atoms in total. The van der Waals surface area contributed by atoms with Crippen molar-refractivity contribution in [2.24, 2.45) is 50.7 Å². The fourth-order valence-corrected chi connectivity index (χ4v) is 15.2. The Hall–Kier alpha value is -1.47. The first-order valence-electron chi connectivity index (χ1n) is 24.1. The quantitative estimate of drug-likeness (QED) is 0.0616. The van der Waals surface area contributed by atoms with E-state index in [1.54, 1.807) is 13.0 Å². The summed E-state index contributed by atoms with van der Waals surface area (Å²) < 4.78 is 34.2. The van der Waals surface area contributed by atoms with E-state index in [0.29, 0.717) is 32.1 Å². The third kappa shape index (κ3) is 7.77. The summed E-state index contributed by atoms with van der Waals surface area (Å²) in [6, 6.07) is 0. The molecule has 378 valence electrons. The van der Waals surface area contributed by atoms with Crippen LogP contribution in [0, 0.1) is 50.7 Å². The van der Waals surface area contributed by atoms with Crippen LogP contribution in [0.25, 0.3) is 0 Å². The van der Waals surface area contributed by atoms with Gasteiger partial charge in [0, 0.05) is 16.4 Å². The van der Waals surface area contributed by atoms with Crippen molar-refractivity contribution in [2.75, 3.05) is 19.8 Å². The van der Waals surface area contributed by atoms with Crippen LogP contribution < -0.4 is 0 Å². The molecule has 25 atom stereocenters. The molecule has 5 saturated carbocycles. The predicted molar refractivity (Wildman–Crippen MR) is 227 cm³/mol. The topological polar surface area (TPSA) is 315 Å². The lowest BCUT2D eigenvalue weighted by molar-refractivity contribution is -0.338. The zero-order valence-corrected chi connectivity index (χ0v) is 38.9. The first-order valence-corrected chi connectivity index (χ1v) is 24.1. The number of hydrogen-bond acceptors (Lipinski definition) is 19. The van der Waals surface area contributed by atoms with Crippen molar-refractivity contribution in [2.45, 2.75) is 204 Å². The summed E-state index contributed by atoms with van der Waals surface area (Å²) in [4.78, 5) is 13.0. The third-order valence-electron chi connectivity index (χ3n) is 19.2. The summed E-state index contributed by atoms with van der Waals surface area (Å²) in [5.41, 5.74) is -1.66. The number of rotatable bonds is 12. The van der Waals surface area contributed by atoms with Crippen LogP contribution in [0.5, 0.6) is 0 Å². The van der Waals surface area contributed by atoms with Gasteiger partial charge in [-0.1, -0.05) is 40.7 Å². The number of esters is 1. The molecule has 0 amide bonds. The molecule has 2 spiro atoms. The van der Waals surface area contributed by atoms with Crippen molar-refractivity contribution in [3.63, 3.8) is 0 Å². The highest BCUT2D eigenvalue weighted by atomic mass is 16.7. The van der Waals surface area contributed by atoms with Gasteiger partial charge in [0.05, 0.1) is 38.1 Å². The van der Waals surface area contributed by atoms with E-state index in [-0.39, 0.29) is 53.3 Å². The van der Waals surface area contributed by atoms with Gasteiger partial charge < -0.3 is 89.7 Å². The number of carbonyl (C=O) groups excluding carboxylic acids is 1. The summed E-state index contributed by atoms with van der Waals surface area (Å²) >= 11 is 0. The van der Waals surface area contributed by atoms with Gasteiger partial charge in [-0.15, -0.1) is 0 Å². The highest BCUT2D eigenvalue weighted by Gasteiger charge is 2.85. The molecule has 0 aromatic carbocycles. The molecule has 5 aliphatic carbocycles. The minimum Gasteiger partial charge on any atom is -0.429 e. The molecule has 0 aromatic heterocycles. The SMILES string of the molecule is C/C(=C\CCC(C)C1CC(O)C2(C)C3CCC4C(C)(C)C(OC5OC(COC6OCC(O)C(O)C6O)C(O)C(O)C5O)CCC45CC35CC(O)C12C)C(=O)OC1OC(CO)C(O)C(O)C1O. The number of aliphatic hydroxyl groups is 12. The monoisotopic (exact) mass is 944 g/mol. The van der Waals surface area contributed by atoms with Crippen LogP contribution in [0.4, 0.5) is 0 Å². The van der Waals surface area contributed by atoms with Crippen LogP contribution >= 0.6 is 0 Å². The fraction of sp³-hybridized carbons (Fsp3) is 0.936. The molecule has 8 fully saturated rings. The van der Waals surface area contributed by atoms with Crippen molar-refractivity contribution >= 4 is 5.97 Å². The molecule has 0 radical (unpaired) electrons. The molecule has 66 heavy (non-hydrogen) atoms. The van der Waals surface area contributed by atoms with E-state index in [1.807, 2.05) is 0 Å². The first-order chi connectivity index (χ1) is 30.9. The van der Waals surface area contributed by atoms with E-state index in [1.165, 1.54) is 0 Å². The number of allylic oxidation sites excluding steroid dienone is 1. The van der Waals surface area contributed by atoms with Crippen molar-refractivity contribution in [3.8, 4) is 0 Å². The average molecular weight is 945 g/mol. The molecule has 8 rings (SSSR count). The average Bonchev–Trinajstić information content (AvgIpc) is 3.88. The zero-order valence-electron chi connectivity index (χ0n) is 38.9. The van der Waals surface area contributed by atoms with Crippen LogP contribution in [0.1, 0.15) is 99.3 Å². The lowest BCUT2D eigenvalue weighted by Crippen LogP contribution is -2.65. The Kier molecular flexibility index (Phi) is 14.1. The summed E-state index contributed by atoms with van der Waals surface area (Å²) in [7, 11) is 0. The molecule has 8 aliphatic rings. The summed E-state index contributed by atoms with van der Waals surface area (Å²) in [5.74, 6) is -0.393. The highest BCUT2D eigenvalue weighted by Crippen LogP contribution is 2.89. The van der Waals surface area contributed by atoms with E-state index >= 15 is 0 Å². The second-order valence-electron chi connectivity index (χ2n) is 22.4. The second-order valence-corrected chi connectivity index (χ2v) is 22.4. The number of carbonyl (C=O) groups is 1. The van der Waals surface area contributed by atoms with Gasteiger partial charge in [0.1, 0.15) is 67.1 Å². The second kappa shape index (κ2) is 18.3. The Morgan fingerprint density at radius 2 is 1.35 bits per heavy atom. The Balaban J connectivity index is 0.908. The van der Waals surface area contributed by atoms with Crippen molar-refractivity contribution in [1.29, 1.82) is 0 Å². The number of ether oxygens (including phenoxy) is 6. The maximum Gasteiger partial charge on any atom is 0.335 e. The molecule has 3 aliphatic heterocycles. The first kappa shape index (κ1) is 50.9. The normalized spacial score (nSPS) is 53.8. The van der Waals surface area contributed by atoms with E-state index < -0.39 is 133 Å². The van der Waals surface area contributed by atoms with Gasteiger partial charge in [-0.2, -0.15) is 0 Å². The van der Waals surface area contributed by atoms with Gasteiger partial charge in [0.2, 0.25) is 6.29 Å². The van der Waals surface area contributed by atoms with Gasteiger partial charge in [0.25, 0.3) is 0 Å². The fourth-order valence-electron chi connectivity index (χ4n) is 15.2. The van der Waals surface area contributed by atoms with Crippen LogP contribution in [0.15, 0.2) is 11.6 Å². The predicted octanol–water partition coefficient (Wildman–Crippen LogP) is -1.28. The van der Waals surface area contributed by atoms with E-state index in [0.717, 1.165) is 25.7 Å². The lowest BCUT2D eigenvalue weighted by Gasteiger charge is -2.65. The molecular weight excluding hydrogens is 868 g/mol. The molecule has 0 bridgehead atoms. The smallest absolute Gasteiger partial charge is 0.335 e. The third-order valence-corrected chi connectivity index (χ3v) is 19.2. The molecule has 25 unspecified atom stereocenters. The van der Waals surface area contributed by atoms with Gasteiger partial charge >= 0.3 is 5.97 Å². The molecule has 0 aromatic rings. The van der Waals surface area contributed by atoms with Crippen molar-refractivity contribution in [1.82, 2.24) is 0 Å². The van der Waals surface area contributed by atoms with Crippen LogP contribution in [0.3, 0.4) is 0 Å². The Morgan fingerprint density at radius 3 is 2.03 bits per heavy atom. The van der Waals surface area contributed by atoms with Crippen LogP contribution in [-0.2, 0) is 33.2 Å². The van der Waals surface area contributed by atoms with Crippen LogP contribution in [-0.4, -0.2) is 191 Å². The number of fused-ring (bicyclic) bond motifs is 2. The largest absolute Gasteiger partial charge is 0.429 e. The van der Waals surface area contributed by atoms with Gasteiger partial charge in [-0.05, 0) is 105 Å². The standard InChI is InChI=1S/C47H76O19/c1-20(8-7-9-21(2)39(60)66-42-38(59)34(55)32(53)24(16-48)63-42)22-14-28(50)45(6)27-11-10-26-43(3,4)30(12-13-46(26)19-47(27,46)15-29(51)44(22,45)5)65-41-37(58)35(56)33(54)25(64-41)18-62-40-36(57)31(52)23(49)17-61-40/h9,20,22-38,40-42,48-59H,7-8,10-19H2,1-6H3/b21-9+. The van der Waals surface area contributed by atoms with E-state index in [4.69, 9.17) is 28.4 Å². The summed E-state index contributed by atoms with van der Waals surface area (Å²) in [6.07, 6.45) is -14.4. The number of hydrogen-bond donors (Lipinski definition) is 12. The van der Waals surface area contributed by atoms with Gasteiger partial charge in [0.15, 0.2) is 12.6 Å². The van der Waals surface area contributed by atoms with E-state index in [9.17, 15) is 66.1 Å². The van der Waals surface area contributed by atoms with Gasteiger partial charge in [-0.3, -0.25) is 0 Å². The maximum absolute atomic E-state index is 13.0. The Morgan fingerprint density at radius 1 is 0.727 bits per heavy atom. The van der Waals surface area contributed by atoms with Gasteiger partial charge in [-0.25, -0.2) is 4.79 Å². The molecule has 19 heteroatoms. The highest BCUT2D eigenvalue weighted by molar-refractivity contribution is 5.87. The zero-order chi connectivity index (χ0) is 48.2. The lowest BCUT2D eigenvalue weighted by atomic mass is 9.40. The van der Waals surface area contributed by atoms with E-state index in [2.05, 4.69) is 34.6 Å². The Labute approximate surface area is 385 Å². The summed E-state index contributed by atoms with van der Waals surface area (Å²) in [5, 5.41) is 128. The minimum atomic E-state index is -1.71. The maximum atomic E-state index is 13.0. The minimum absolute atomic E-state index is 0.0163. The molecule has 3 heterocycles. The van der Waals surface area contributed by atoms with Crippen LogP contribution in [0.2, 0.25) is 0 Å². The number of aliphatic hydroxyl groups excluding tert-OH is 12. The molecule has 12 N–H and O–H groups in total. The van der Waals surface area contributed by atoms with Crippen molar-refractivity contribution in [3.05, 3.63) is 11.6 Å².